The first-order valence-corrected chi connectivity index (χ1v) is 12.3. The normalized spacial score (nSPS) is 22.7. The fourth-order valence-electron chi connectivity index (χ4n) is 5.01. The molecule has 1 aliphatic carbocycles. The summed E-state index contributed by atoms with van der Waals surface area (Å²) in [5.74, 6) is 2.52. The number of carbonyl (C=O) groups excluding carboxylic acids is 1. The SMILES string of the molecule is CCNC(=NCc1ccc(N2CCCC2)nc1)NC1CCN(C(=O)C2CCCCC2)C1. The molecule has 1 unspecified atom stereocenters. The fraction of sp³-hybridized carbons (Fsp3) is 0.708. The Balaban J connectivity index is 1.29. The lowest BCUT2D eigenvalue weighted by molar-refractivity contribution is -0.135. The van der Waals surface area contributed by atoms with E-state index in [0.29, 0.717) is 12.5 Å². The van der Waals surface area contributed by atoms with Gasteiger partial charge in [-0.25, -0.2) is 9.98 Å². The molecule has 0 spiro atoms. The van der Waals surface area contributed by atoms with Crippen molar-refractivity contribution >= 4 is 17.7 Å². The maximum atomic E-state index is 12.8. The topological polar surface area (TPSA) is 72.9 Å². The maximum Gasteiger partial charge on any atom is 0.225 e. The van der Waals surface area contributed by atoms with E-state index in [0.717, 1.165) is 69.3 Å². The number of nitrogens with zero attached hydrogens (tertiary/aromatic N) is 4. The van der Waals surface area contributed by atoms with Gasteiger partial charge in [-0.2, -0.15) is 0 Å². The highest BCUT2D eigenvalue weighted by Gasteiger charge is 2.31. The van der Waals surface area contributed by atoms with E-state index >= 15 is 0 Å². The molecule has 0 radical (unpaired) electrons. The number of hydrogen-bond donors (Lipinski definition) is 2. The van der Waals surface area contributed by atoms with Crippen LogP contribution in [0.5, 0.6) is 0 Å². The van der Waals surface area contributed by atoms with E-state index in [4.69, 9.17) is 4.99 Å². The summed E-state index contributed by atoms with van der Waals surface area (Å²) in [5, 5.41) is 6.90. The highest BCUT2D eigenvalue weighted by molar-refractivity contribution is 5.81. The molecule has 0 aromatic carbocycles. The van der Waals surface area contributed by atoms with Gasteiger partial charge in [0.05, 0.1) is 6.54 Å². The highest BCUT2D eigenvalue weighted by Crippen LogP contribution is 2.26. The van der Waals surface area contributed by atoms with E-state index in [1.807, 2.05) is 6.20 Å². The number of pyridine rings is 1. The van der Waals surface area contributed by atoms with Gasteiger partial charge in [-0.05, 0) is 50.7 Å². The molecular weight excluding hydrogens is 388 g/mol. The molecular formula is C24H38N6O. The molecule has 31 heavy (non-hydrogen) atoms. The van der Waals surface area contributed by atoms with Gasteiger partial charge < -0.3 is 20.4 Å². The molecule has 2 N–H and O–H groups in total. The number of nitrogens with one attached hydrogen (secondary N) is 2. The second-order valence-corrected chi connectivity index (χ2v) is 9.16. The quantitative estimate of drug-likeness (QED) is 0.541. The summed E-state index contributed by atoms with van der Waals surface area (Å²) in [5.41, 5.74) is 1.11. The summed E-state index contributed by atoms with van der Waals surface area (Å²) < 4.78 is 0. The average molecular weight is 427 g/mol. The van der Waals surface area contributed by atoms with Crippen LogP contribution in [0.1, 0.15) is 63.9 Å². The largest absolute Gasteiger partial charge is 0.357 e. The molecule has 1 aromatic heterocycles. The summed E-state index contributed by atoms with van der Waals surface area (Å²) in [7, 11) is 0. The number of guanidine groups is 1. The lowest BCUT2D eigenvalue weighted by Crippen LogP contribution is -2.45. The molecule has 3 heterocycles. The second kappa shape index (κ2) is 10.8. The number of aliphatic imine (C=N–C) groups is 1. The van der Waals surface area contributed by atoms with Crippen molar-refractivity contribution in [3.05, 3.63) is 23.9 Å². The second-order valence-electron chi connectivity index (χ2n) is 9.16. The van der Waals surface area contributed by atoms with Gasteiger partial charge in [-0.3, -0.25) is 4.79 Å². The maximum absolute atomic E-state index is 12.8. The predicted molar refractivity (Wildman–Crippen MR) is 125 cm³/mol. The minimum Gasteiger partial charge on any atom is -0.357 e. The van der Waals surface area contributed by atoms with Crippen LogP contribution in [0.25, 0.3) is 0 Å². The van der Waals surface area contributed by atoms with Gasteiger partial charge in [0.25, 0.3) is 0 Å². The minimum atomic E-state index is 0.255. The third-order valence-electron chi connectivity index (χ3n) is 6.80. The Hall–Kier alpha value is -2.31. The summed E-state index contributed by atoms with van der Waals surface area (Å²) in [6, 6.07) is 4.51. The number of hydrogen-bond acceptors (Lipinski definition) is 4. The van der Waals surface area contributed by atoms with Gasteiger partial charge in [0, 0.05) is 50.9 Å². The van der Waals surface area contributed by atoms with Crippen LogP contribution in [-0.2, 0) is 11.3 Å². The van der Waals surface area contributed by atoms with Gasteiger partial charge in [-0.1, -0.05) is 25.3 Å². The van der Waals surface area contributed by atoms with E-state index in [1.165, 1.54) is 32.1 Å². The Bertz CT molecular complexity index is 737. The molecule has 1 aromatic rings. The van der Waals surface area contributed by atoms with Crippen molar-refractivity contribution in [1.82, 2.24) is 20.5 Å². The number of carbonyl (C=O) groups is 1. The fourth-order valence-corrected chi connectivity index (χ4v) is 5.01. The standard InChI is InChI=1S/C24H38N6O/c1-2-25-24(27-17-19-10-11-22(26-16-19)29-13-6-7-14-29)28-21-12-15-30(18-21)23(31)20-8-4-3-5-9-20/h10-11,16,20-21H,2-9,12-15,17-18H2,1H3,(H2,25,27,28). The number of rotatable bonds is 6. The van der Waals surface area contributed by atoms with Crippen LogP contribution in [-0.4, -0.2) is 60.5 Å². The van der Waals surface area contributed by atoms with Gasteiger partial charge in [-0.15, -0.1) is 0 Å². The van der Waals surface area contributed by atoms with E-state index in [9.17, 15) is 4.79 Å². The van der Waals surface area contributed by atoms with Crippen molar-refractivity contribution in [1.29, 1.82) is 0 Å². The molecule has 0 bridgehead atoms. The molecule has 2 saturated heterocycles. The van der Waals surface area contributed by atoms with Crippen LogP contribution in [0.4, 0.5) is 5.82 Å². The van der Waals surface area contributed by atoms with Crippen molar-refractivity contribution in [2.75, 3.05) is 37.6 Å². The lowest BCUT2D eigenvalue weighted by Gasteiger charge is -2.26. The van der Waals surface area contributed by atoms with Crippen LogP contribution in [0.2, 0.25) is 0 Å². The average Bonchev–Trinajstić information content (AvgIpc) is 3.51. The molecule has 3 fully saturated rings. The molecule has 7 heteroatoms. The minimum absolute atomic E-state index is 0.255. The van der Waals surface area contributed by atoms with Crippen LogP contribution in [0.3, 0.4) is 0 Å². The first kappa shape index (κ1) is 21.9. The zero-order valence-corrected chi connectivity index (χ0v) is 19.0. The molecule has 170 valence electrons. The summed E-state index contributed by atoms with van der Waals surface area (Å²) in [6.07, 6.45) is 11.3. The monoisotopic (exact) mass is 426 g/mol. The van der Waals surface area contributed by atoms with Crippen molar-refractivity contribution in [3.63, 3.8) is 0 Å². The van der Waals surface area contributed by atoms with E-state index in [-0.39, 0.29) is 12.0 Å². The zero-order valence-electron chi connectivity index (χ0n) is 19.0. The van der Waals surface area contributed by atoms with Crippen LogP contribution in [0, 0.1) is 5.92 Å². The third-order valence-corrected chi connectivity index (χ3v) is 6.80. The molecule has 3 aliphatic rings. The van der Waals surface area contributed by atoms with Gasteiger partial charge >= 0.3 is 0 Å². The Kier molecular flexibility index (Phi) is 7.65. The zero-order chi connectivity index (χ0) is 21.5. The van der Waals surface area contributed by atoms with Crippen molar-refractivity contribution in [2.45, 2.75) is 70.9 Å². The molecule has 2 aliphatic heterocycles. The van der Waals surface area contributed by atoms with E-state index < -0.39 is 0 Å². The molecule has 7 nitrogen and oxygen atoms in total. The van der Waals surface area contributed by atoms with E-state index in [2.05, 4.69) is 44.5 Å². The molecule has 1 atom stereocenters. The molecule has 1 amide bonds. The van der Waals surface area contributed by atoms with Crippen molar-refractivity contribution in [2.24, 2.45) is 10.9 Å². The Labute approximate surface area is 186 Å². The predicted octanol–water partition coefficient (Wildman–Crippen LogP) is 2.92. The van der Waals surface area contributed by atoms with Gasteiger partial charge in [0.2, 0.25) is 5.91 Å². The van der Waals surface area contributed by atoms with Crippen LogP contribution < -0.4 is 15.5 Å². The Morgan fingerprint density at radius 1 is 1.10 bits per heavy atom. The number of likely N-dealkylation sites (tertiary alicyclic amines) is 1. The van der Waals surface area contributed by atoms with Crippen molar-refractivity contribution in [3.8, 4) is 0 Å². The van der Waals surface area contributed by atoms with Gasteiger partial charge in [0.15, 0.2) is 5.96 Å². The lowest BCUT2D eigenvalue weighted by atomic mass is 9.88. The highest BCUT2D eigenvalue weighted by atomic mass is 16.2. The number of aromatic nitrogens is 1. The molecule has 1 saturated carbocycles. The first-order chi connectivity index (χ1) is 15.2. The Morgan fingerprint density at radius 2 is 1.90 bits per heavy atom. The first-order valence-electron chi connectivity index (χ1n) is 12.3. The Morgan fingerprint density at radius 3 is 2.61 bits per heavy atom. The molecule has 4 rings (SSSR count). The summed E-state index contributed by atoms with van der Waals surface area (Å²) in [6.45, 7) is 7.36. The smallest absolute Gasteiger partial charge is 0.225 e. The van der Waals surface area contributed by atoms with Crippen LogP contribution in [0.15, 0.2) is 23.3 Å². The summed E-state index contributed by atoms with van der Waals surface area (Å²) >= 11 is 0. The number of amides is 1. The van der Waals surface area contributed by atoms with E-state index in [1.54, 1.807) is 0 Å². The van der Waals surface area contributed by atoms with Gasteiger partial charge in [0.1, 0.15) is 5.82 Å². The summed E-state index contributed by atoms with van der Waals surface area (Å²) in [4.78, 5) is 26.7. The third kappa shape index (κ3) is 5.89. The number of anilines is 1. The van der Waals surface area contributed by atoms with Crippen molar-refractivity contribution < 1.29 is 4.79 Å². The van der Waals surface area contributed by atoms with Crippen LogP contribution >= 0.6 is 0 Å².